The summed E-state index contributed by atoms with van der Waals surface area (Å²) in [7, 11) is 1.94. The summed E-state index contributed by atoms with van der Waals surface area (Å²) in [5, 5.41) is 22.5. The second-order valence-corrected chi connectivity index (χ2v) is 21.5. The number of nitrogens with zero attached hydrogens (tertiary/aromatic N) is 5. The molecule has 350 valence electrons. The minimum atomic E-state index is -3.84. The van der Waals surface area contributed by atoms with Crippen molar-refractivity contribution in [3.8, 4) is 22.9 Å². The first-order valence-electron chi connectivity index (χ1n) is 21.6. The van der Waals surface area contributed by atoms with E-state index in [1.165, 1.54) is 37.4 Å². The Morgan fingerprint density at radius 1 is 1.09 bits per heavy atom. The topological polar surface area (TPSA) is 222 Å². The molecule has 0 radical (unpaired) electrons. The van der Waals surface area contributed by atoms with Gasteiger partial charge in [-0.2, -0.15) is 17.0 Å². The Kier molecular flexibility index (Phi) is 14.8. The van der Waals surface area contributed by atoms with Gasteiger partial charge in [-0.15, -0.1) is 11.3 Å². The van der Waals surface area contributed by atoms with Gasteiger partial charge in [-0.1, -0.05) is 45.8 Å². The number of anilines is 1. The summed E-state index contributed by atoms with van der Waals surface area (Å²) < 4.78 is 46.1. The Morgan fingerprint density at radius 2 is 1.84 bits per heavy atom. The van der Waals surface area contributed by atoms with Crippen LogP contribution < -0.4 is 25.4 Å². The number of rotatable bonds is 13. The molecule has 1 saturated heterocycles. The van der Waals surface area contributed by atoms with Gasteiger partial charge < -0.3 is 40.2 Å². The van der Waals surface area contributed by atoms with Crippen molar-refractivity contribution in [1.82, 2.24) is 34.1 Å². The van der Waals surface area contributed by atoms with E-state index in [-0.39, 0.29) is 38.4 Å². The molecular weight excluding hydrogens is 865 g/mol. The molecule has 1 saturated carbocycles. The molecular formula is C44H62N8O10S2. The van der Waals surface area contributed by atoms with Crippen molar-refractivity contribution < 1.29 is 46.9 Å². The van der Waals surface area contributed by atoms with Gasteiger partial charge in [-0.05, 0) is 51.7 Å². The molecule has 2 fully saturated rings. The lowest BCUT2D eigenvalue weighted by Crippen LogP contribution is -2.56. The van der Waals surface area contributed by atoms with Crippen molar-refractivity contribution in [2.75, 3.05) is 46.7 Å². The van der Waals surface area contributed by atoms with Crippen molar-refractivity contribution in [2.45, 2.75) is 115 Å². The Labute approximate surface area is 379 Å². The van der Waals surface area contributed by atoms with Crippen LogP contribution in [0.5, 0.6) is 11.5 Å². The highest BCUT2D eigenvalue weighted by Gasteiger charge is 2.61. The third-order valence-corrected chi connectivity index (χ3v) is 14.5. The molecule has 3 aromatic rings. The van der Waals surface area contributed by atoms with Crippen molar-refractivity contribution in [3.05, 3.63) is 41.8 Å². The maximum Gasteiger partial charge on any atom is 0.408 e. The predicted octanol–water partition coefficient (Wildman–Crippen LogP) is 5.26. The van der Waals surface area contributed by atoms with Crippen molar-refractivity contribution in [2.24, 2.45) is 11.3 Å². The van der Waals surface area contributed by atoms with E-state index >= 15 is 0 Å². The summed E-state index contributed by atoms with van der Waals surface area (Å²) in [5.74, 6) is -1.78. The van der Waals surface area contributed by atoms with E-state index in [1.807, 2.05) is 58.2 Å². The minimum Gasteiger partial charge on any atom is -0.497 e. The Balaban J connectivity index is 1.32. The lowest BCUT2D eigenvalue weighted by Gasteiger charge is -2.34. The standard InChI is InChI=1S/C44H62N8O10S2/c1-26(2)45-41-47-34(25-63-41)33-21-36(30-18-17-28(60-9)19-32(30)46-33)61-29-20-35-38(53)49-44(40(55)56)22-27(44)15-13-11-10-12-14-16-31(39(54)52(35)23-29)48-42(57)62-37(43(3,4)5)24-51(8)64(58,59)50(6)7/h13,15,17-19,21,25-27,29,31,35,37H,10-12,14,16,20,22-24H2,1-9H3,(H,45,47)(H,48,57)(H,49,53)(H,55,56)/b15-13-/t27?,29-,31+,35+,37-,44-/m1/s1. The van der Waals surface area contributed by atoms with Gasteiger partial charge in [0.25, 0.3) is 10.2 Å². The maximum atomic E-state index is 14.9. The molecule has 0 spiro atoms. The second kappa shape index (κ2) is 19.6. The Morgan fingerprint density at radius 3 is 2.52 bits per heavy atom. The number of aromatic nitrogens is 2. The molecule has 0 bridgehead atoms. The zero-order chi connectivity index (χ0) is 46.7. The first-order valence-corrected chi connectivity index (χ1v) is 23.9. The van der Waals surface area contributed by atoms with Crippen LogP contribution in [0.1, 0.15) is 79.6 Å². The van der Waals surface area contributed by atoms with E-state index in [0.717, 1.165) is 20.2 Å². The first-order chi connectivity index (χ1) is 30.1. The number of aliphatic carboxylic acids is 1. The fourth-order valence-corrected chi connectivity index (χ4v) is 9.70. The van der Waals surface area contributed by atoms with Gasteiger partial charge in [-0.3, -0.25) is 9.59 Å². The number of nitrogens with one attached hydrogen (secondary N) is 3. The summed E-state index contributed by atoms with van der Waals surface area (Å²) in [5.41, 5.74) is -0.514. The Bertz CT molecular complexity index is 2350. The summed E-state index contributed by atoms with van der Waals surface area (Å²) in [6.45, 7) is 9.26. The number of carboxylic acids is 1. The normalized spacial score (nSPS) is 24.3. The molecule has 3 aliphatic rings. The summed E-state index contributed by atoms with van der Waals surface area (Å²) in [6.07, 6.45) is 4.31. The molecule has 18 nitrogen and oxygen atoms in total. The van der Waals surface area contributed by atoms with Crippen molar-refractivity contribution in [3.63, 3.8) is 0 Å². The van der Waals surface area contributed by atoms with Crippen LogP contribution >= 0.6 is 11.3 Å². The number of benzene rings is 1. The van der Waals surface area contributed by atoms with Gasteiger partial charge in [0.05, 0.1) is 31.4 Å². The van der Waals surface area contributed by atoms with Crippen LogP contribution in [0.15, 0.2) is 41.8 Å². The molecule has 4 N–H and O–H groups in total. The number of pyridine rings is 1. The molecule has 1 aliphatic carbocycles. The van der Waals surface area contributed by atoms with Gasteiger partial charge in [0, 0.05) is 67.8 Å². The molecule has 6 rings (SSSR count). The number of hydrogen-bond acceptors (Lipinski definition) is 13. The second-order valence-electron chi connectivity index (χ2n) is 18.4. The molecule has 20 heteroatoms. The number of amides is 3. The maximum absolute atomic E-state index is 14.9. The van der Waals surface area contributed by atoms with Gasteiger partial charge in [0.1, 0.15) is 47.0 Å². The minimum absolute atomic E-state index is 0.0121. The van der Waals surface area contributed by atoms with E-state index in [1.54, 1.807) is 25.3 Å². The van der Waals surface area contributed by atoms with E-state index < -0.39 is 75.2 Å². The summed E-state index contributed by atoms with van der Waals surface area (Å²) >= 11 is 1.44. The number of carboxylic acid groups (broad SMARTS) is 1. The van der Waals surface area contributed by atoms with Crippen LogP contribution in [0, 0.1) is 11.3 Å². The van der Waals surface area contributed by atoms with Crippen LogP contribution in [0.4, 0.5) is 9.93 Å². The van der Waals surface area contributed by atoms with E-state index in [0.29, 0.717) is 53.1 Å². The van der Waals surface area contributed by atoms with Gasteiger partial charge in [-0.25, -0.2) is 19.6 Å². The predicted molar refractivity (Wildman–Crippen MR) is 243 cm³/mol. The largest absolute Gasteiger partial charge is 0.497 e. The average Bonchev–Trinajstić information content (AvgIpc) is 3.48. The Hall–Kier alpha value is -5.05. The van der Waals surface area contributed by atoms with Crippen LogP contribution in [0.2, 0.25) is 0 Å². The van der Waals surface area contributed by atoms with Crippen molar-refractivity contribution in [1.29, 1.82) is 0 Å². The lowest BCUT2D eigenvalue weighted by atomic mass is 9.89. The third-order valence-electron chi connectivity index (χ3n) is 11.9. The summed E-state index contributed by atoms with van der Waals surface area (Å²) in [4.78, 5) is 66.8. The van der Waals surface area contributed by atoms with E-state index in [2.05, 4.69) is 16.0 Å². The molecule has 1 unspecified atom stereocenters. The number of carbonyl (C=O) groups is 4. The number of ether oxygens (including phenoxy) is 3. The van der Waals surface area contributed by atoms with Crippen LogP contribution in [0.25, 0.3) is 22.3 Å². The highest BCUT2D eigenvalue weighted by atomic mass is 32.2. The number of hydrogen-bond donors (Lipinski definition) is 4. The monoisotopic (exact) mass is 926 g/mol. The fraction of sp³-hybridized carbons (Fsp3) is 0.591. The molecule has 64 heavy (non-hydrogen) atoms. The summed E-state index contributed by atoms with van der Waals surface area (Å²) in [6, 6.07) is 5.02. The number of likely N-dealkylation sites (N-methyl/N-ethyl adjacent to an activating group) is 1. The quantitative estimate of drug-likeness (QED) is 0.161. The number of allylic oxidation sites excluding steroid dienone is 1. The molecule has 6 atom stereocenters. The number of fused-ring (bicyclic) bond motifs is 3. The van der Waals surface area contributed by atoms with Crippen LogP contribution in [-0.2, 0) is 29.3 Å². The van der Waals surface area contributed by atoms with Gasteiger partial charge in [0.2, 0.25) is 11.8 Å². The number of alkyl carbamates (subject to hydrolysis) is 1. The van der Waals surface area contributed by atoms with Crippen molar-refractivity contribution >= 4 is 61.5 Å². The van der Waals surface area contributed by atoms with Gasteiger partial charge in [0.15, 0.2) is 5.13 Å². The molecule has 3 amide bonds. The molecule has 1 aromatic carbocycles. The smallest absolute Gasteiger partial charge is 0.408 e. The highest BCUT2D eigenvalue weighted by Crippen LogP contribution is 2.45. The third kappa shape index (κ3) is 11.1. The highest BCUT2D eigenvalue weighted by molar-refractivity contribution is 7.86. The zero-order valence-electron chi connectivity index (χ0n) is 38.0. The van der Waals surface area contributed by atoms with Crippen LogP contribution in [-0.4, -0.2) is 138 Å². The number of methoxy groups -OCH3 is 1. The van der Waals surface area contributed by atoms with E-state index in [9.17, 15) is 32.7 Å². The zero-order valence-corrected chi connectivity index (χ0v) is 39.7. The fourth-order valence-electron chi connectivity index (χ4n) is 7.96. The first kappa shape index (κ1) is 48.4. The van der Waals surface area contributed by atoms with Gasteiger partial charge >= 0.3 is 12.1 Å². The number of carbonyl (C=O) groups excluding carboxylic acids is 3. The lowest BCUT2D eigenvalue weighted by molar-refractivity contribution is -0.145. The molecule has 2 aromatic heterocycles. The average molecular weight is 927 g/mol. The SMILES string of the molecule is COc1ccc2c(O[C@@H]3C[C@H]4C(=O)N[C@]5(C(=O)O)CC5/C=C\CCCCC[C@H](NC(=O)O[C@H](CN(C)S(=O)(=O)N(C)C)C(C)(C)C)C(=O)N4C3)cc(-c3csc(NC(C)C)n3)nc2c1. The number of thiazole rings is 1. The molecule has 4 heterocycles. The molecule has 2 aliphatic heterocycles. The van der Waals surface area contributed by atoms with Crippen LogP contribution in [0.3, 0.4) is 0 Å². The van der Waals surface area contributed by atoms with E-state index in [4.69, 9.17) is 24.2 Å².